The largest absolute Gasteiger partial charge is 0.261 e. The van der Waals surface area contributed by atoms with E-state index in [0.717, 1.165) is 0 Å². The van der Waals surface area contributed by atoms with E-state index < -0.39 is 20.0 Å². The van der Waals surface area contributed by atoms with Crippen molar-refractivity contribution in [1.82, 2.24) is 20.2 Å². The molecule has 0 saturated heterocycles. The first-order valence-electron chi connectivity index (χ1n) is 8.10. The number of fused-ring (bicyclic) bond motifs is 1. The van der Waals surface area contributed by atoms with Crippen molar-refractivity contribution in [2.75, 3.05) is 0 Å². The highest BCUT2D eigenvalue weighted by atomic mass is 32.2. The first-order chi connectivity index (χ1) is 13.6. The highest BCUT2D eigenvalue weighted by molar-refractivity contribution is 7.89. The number of nitrogens with zero attached hydrogens (tertiary/aromatic N) is 3. The highest BCUT2D eigenvalue weighted by Crippen LogP contribution is 2.29. The van der Waals surface area contributed by atoms with Gasteiger partial charge in [0.1, 0.15) is 0 Å². The number of primary sulfonamides is 2. The lowest BCUT2D eigenvalue weighted by Gasteiger charge is -2.08. The van der Waals surface area contributed by atoms with Crippen LogP contribution in [0, 0.1) is 0 Å². The topological polar surface area (TPSA) is 175 Å². The van der Waals surface area contributed by atoms with Crippen LogP contribution in [-0.2, 0) is 20.0 Å². The van der Waals surface area contributed by atoms with Gasteiger partial charge in [-0.05, 0) is 24.3 Å². The van der Waals surface area contributed by atoms with Crippen molar-refractivity contribution in [1.29, 1.82) is 0 Å². The number of hydrogen-bond donors (Lipinski definition) is 3. The second-order valence-corrected chi connectivity index (χ2v) is 9.30. The summed E-state index contributed by atoms with van der Waals surface area (Å²) in [6.45, 7) is 0. The first kappa shape index (κ1) is 19.1. The molecule has 29 heavy (non-hydrogen) atoms. The molecule has 0 aliphatic rings. The van der Waals surface area contributed by atoms with Crippen molar-refractivity contribution in [2.45, 2.75) is 9.79 Å². The predicted octanol–water partition coefficient (Wildman–Crippen LogP) is 0.982. The summed E-state index contributed by atoms with van der Waals surface area (Å²) in [7, 11) is -7.81. The van der Waals surface area contributed by atoms with Crippen molar-refractivity contribution < 1.29 is 16.8 Å². The van der Waals surface area contributed by atoms with E-state index >= 15 is 0 Å². The lowest BCUT2D eigenvalue weighted by atomic mass is 10.1. The van der Waals surface area contributed by atoms with Gasteiger partial charge in [0.05, 0.1) is 27.1 Å². The molecule has 0 aliphatic carbocycles. The Kier molecular flexibility index (Phi) is 4.42. The van der Waals surface area contributed by atoms with E-state index in [1.807, 2.05) is 0 Å². The van der Waals surface area contributed by atoms with Crippen molar-refractivity contribution >= 4 is 31.1 Å². The Balaban J connectivity index is 1.95. The standard InChI is InChI=1S/C17H14N6O4S2/c18-28(24,25)12-5-1-3-10(7-12)15-14-9-20-23-17(14)22-16(21-15)11-4-2-6-13(8-11)29(19,26)27/h1-9H,(H2,18,24,25)(H2,19,26,27)(H,20,21,22,23). The Bertz CT molecular complexity index is 1460. The molecule has 0 bridgehead atoms. The lowest BCUT2D eigenvalue weighted by Crippen LogP contribution is -2.12. The third kappa shape index (κ3) is 3.73. The molecule has 0 fully saturated rings. The predicted molar refractivity (Wildman–Crippen MR) is 105 cm³/mol. The maximum atomic E-state index is 11.7. The van der Waals surface area contributed by atoms with E-state index in [4.69, 9.17) is 10.3 Å². The molecule has 2 heterocycles. The van der Waals surface area contributed by atoms with E-state index in [1.54, 1.807) is 18.2 Å². The van der Waals surface area contributed by atoms with Crippen LogP contribution in [0.4, 0.5) is 0 Å². The normalized spacial score (nSPS) is 12.3. The van der Waals surface area contributed by atoms with Crippen LogP contribution in [-0.4, -0.2) is 37.0 Å². The monoisotopic (exact) mass is 430 g/mol. The molecule has 0 spiro atoms. The number of rotatable bonds is 4. The Morgan fingerprint density at radius 2 is 1.38 bits per heavy atom. The molecule has 5 N–H and O–H groups in total. The summed E-state index contributed by atoms with van der Waals surface area (Å²) >= 11 is 0. The Hall–Kier alpha value is -3.19. The molecule has 12 heteroatoms. The molecule has 0 aliphatic heterocycles. The molecule has 4 rings (SSSR count). The van der Waals surface area contributed by atoms with Gasteiger partial charge in [-0.1, -0.05) is 24.3 Å². The molecule has 10 nitrogen and oxygen atoms in total. The summed E-state index contributed by atoms with van der Waals surface area (Å²) in [4.78, 5) is 8.75. The maximum absolute atomic E-state index is 11.7. The molecular weight excluding hydrogens is 416 g/mol. The van der Waals surface area contributed by atoms with Gasteiger partial charge in [0, 0.05) is 11.1 Å². The van der Waals surface area contributed by atoms with E-state index in [0.29, 0.717) is 27.9 Å². The number of nitrogens with one attached hydrogen (secondary N) is 1. The quantitative estimate of drug-likeness (QED) is 0.432. The summed E-state index contributed by atoms with van der Waals surface area (Å²) < 4.78 is 46.7. The van der Waals surface area contributed by atoms with Gasteiger partial charge < -0.3 is 0 Å². The Morgan fingerprint density at radius 3 is 2.00 bits per heavy atom. The van der Waals surface area contributed by atoms with Gasteiger partial charge in [-0.25, -0.2) is 37.1 Å². The summed E-state index contributed by atoms with van der Waals surface area (Å²) in [5.41, 5.74) is 1.70. The molecule has 4 aromatic rings. The van der Waals surface area contributed by atoms with Gasteiger partial charge in [-0.15, -0.1) is 0 Å². The second-order valence-electron chi connectivity index (χ2n) is 6.17. The molecule has 2 aromatic heterocycles. The number of hydrogen-bond acceptors (Lipinski definition) is 7. The Labute approximate surface area is 165 Å². The molecule has 0 radical (unpaired) electrons. The molecule has 0 atom stereocenters. The molecule has 0 saturated carbocycles. The van der Waals surface area contributed by atoms with E-state index in [1.165, 1.54) is 36.5 Å². The van der Waals surface area contributed by atoms with Gasteiger partial charge in [-0.2, -0.15) is 5.10 Å². The highest BCUT2D eigenvalue weighted by Gasteiger charge is 2.16. The molecule has 2 aromatic carbocycles. The van der Waals surface area contributed by atoms with Gasteiger partial charge in [0.15, 0.2) is 11.5 Å². The zero-order valence-corrected chi connectivity index (χ0v) is 16.3. The third-order valence-electron chi connectivity index (χ3n) is 4.17. The zero-order valence-electron chi connectivity index (χ0n) is 14.6. The minimum Gasteiger partial charge on any atom is -0.261 e. The van der Waals surface area contributed by atoms with Crippen LogP contribution >= 0.6 is 0 Å². The van der Waals surface area contributed by atoms with Gasteiger partial charge in [0.2, 0.25) is 20.0 Å². The van der Waals surface area contributed by atoms with Crippen LogP contribution in [0.3, 0.4) is 0 Å². The Morgan fingerprint density at radius 1 is 0.793 bits per heavy atom. The smallest absolute Gasteiger partial charge is 0.238 e. The fraction of sp³-hybridized carbons (Fsp3) is 0. The molecule has 0 unspecified atom stereocenters. The third-order valence-corrected chi connectivity index (χ3v) is 5.99. The summed E-state index contributed by atoms with van der Waals surface area (Å²) in [6.07, 6.45) is 1.51. The average molecular weight is 430 g/mol. The van der Waals surface area contributed by atoms with Gasteiger partial charge in [-0.3, -0.25) is 5.10 Å². The van der Waals surface area contributed by atoms with Crippen LogP contribution in [0.1, 0.15) is 0 Å². The minimum atomic E-state index is -3.91. The van der Waals surface area contributed by atoms with E-state index in [9.17, 15) is 16.8 Å². The van der Waals surface area contributed by atoms with Crippen LogP contribution in [0.25, 0.3) is 33.7 Å². The first-order valence-corrected chi connectivity index (χ1v) is 11.2. The van der Waals surface area contributed by atoms with Crippen molar-refractivity contribution in [3.8, 4) is 22.6 Å². The van der Waals surface area contributed by atoms with E-state index in [-0.39, 0.29) is 15.6 Å². The molecule has 0 amide bonds. The number of nitrogens with two attached hydrogens (primary N) is 2. The van der Waals surface area contributed by atoms with Gasteiger partial charge in [0.25, 0.3) is 0 Å². The van der Waals surface area contributed by atoms with Crippen molar-refractivity contribution in [3.63, 3.8) is 0 Å². The zero-order chi connectivity index (χ0) is 20.8. The van der Waals surface area contributed by atoms with Crippen molar-refractivity contribution in [2.24, 2.45) is 10.3 Å². The average Bonchev–Trinajstić information content (AvgIpc) is 3.15. The summed E-state index contributed by atoms with van der Waals surface area (Å²) in [6, 6.07) is 11.9. The van der Waals surface area contributed by atoms with E-state index in [2.05, 4.69) is 20.2 Å². The van der Waals surface area contributed by atoms with Crippen LogP contribution in [0.2, 0.25) is 0 Å². The second kappa shape index (κ2) is 6.70. The maximum Gasteiger partial charge on any atom is 0.238 e. The number of aromatic nitrogens is 4. The summed E-state index contributed by atoms with van der Waals surface area (Å²) in [5, 5.41) is 17.7. The molecular formula is C17H14N6O4S2. The fourth-order valence-electron chi connectivity index (χ4n) is 2.82. The van der Waals surface area contributed by atoms with Crippen LogP contribution in [0.5, 0.6) is 0 Å². The number of sulfonamides is 2. The number of aromatic amines is 1. The van der Waals surface area contributed by atoms with Crippen LogP contribution in [0.15, 0.2) is 64.5 Å². The van der Waals surface area contributed by atoms with Gasteiger partial charge >= 0.3 is 0 Å². The van der Waals surface area contributed by atoms with Crippen molar-refractivity contribution in [3.05, 3.63) is 54.7 Å². The lowest BCUT2D eigenvalue weighted by molar-refractivity contribution is 0.596. The van der Waals surface area contributed by atoms with Crippen LogP contribution < -0.4 is 10.3 Å². The minimum absolute atomic E-state index is 0.0666. The molecule has 148 valence electrons. The number of H-pyrrole nitrogens is 1. The number of benzene rings is 2. The SMILES string of the molecule is NS(=O)(=O)c1cccc(-c2nc(-c3cccc(S(N)(=O)=O)c3)c3cn[nH]c3n2)c1. The summed E-state index contributed by atoms with van der Waals surface area (Å²) in [5.74, 6) is 0.211. The fourth-order valence-corrected chi connectivity index (χ4v) is 3.94.